The predicted octanol–water partition coefficient (Wildman–Crippen LogP) is 14.6. The van der Waals surface area contributed by atoms with Crippen LogP contribution in [0.1, 0.15) is 0 Å². The van der Waals surface area contributed by atoms with Crippen molar-refractivity contribution in [3.63, 3.8) is 0 Å². The van der Waals surface area contributed by atoms with Gasteiger partial charge in [-0.1, -0.05) is 140 Å². The first-order valence-corrected chi connectivity index (χ1v) is 20.4. The van der Waals surface area contributed by atoms with Gasteiger partial charge in [-0.15, -0.1) is 0 Å². The number of rotatable bonds is 5. The van der Waals surface area contributed by atoms with Crippen LogP contribution in [0.15, 0.2) is 203 Å². The number of hydrogen-bond acceptors (Lipinski definition) is 5. The summed E-state index contributed by atoms with van der Waals surface area (Å²) in [4.78, 5) is 15.9. The molecule has 0 radical (unpaired) electrons. The Bertz CT molecular complexity index is 3900. The number of nitrogens with zero attached hydrogens (tertiary/aromatic N) is 4. The van der Waals surface area contributed by atoms with E-state index in [0.29, 0.717) is 23.1 Å². The lowest BCUT2D eigenvalue weighted by atomic mass is 10.0. The molecule has 0 spiro atoms. The fraction of sp³-hybridized carbons (Fsp3) is 0. The molecule has 4 heterocycles. The number of fused-ring (bicyclic) bond motifs is 10. The van der Waals surface area contributed by atoms with Gasteiger partial charge in [-0.2, -0.15) is 0 Å². The fourth-order valence-corrected chi connectivity index (χ4v) is 9.26. The van der Waals surface area contributed by atoms with E-state index in [1.165, 1.54) is 21.5 Å². The molecule has 6 nitrogen and oxygen atoms in total. The first-order chi connectivity index (χ1) is 30.2. The van der Waals surface area contributed by atoms with E-state index in [9.17, 15) is 0 Å². The van der Waals surface area contributed by atoms with Crippen LogP contribution in [0.3, 0.4) is 0 Å². The Labute approximate surface area is 348 Å². The zero-order valence-electron chi connectivity index (χ0n) is 32.6. The lowest BCUT2D eigenvalue weighted by molar-refractivity contribution is 0.668. The lowest BCUT2D eigenvalue weighted by Gasteiger charge is -2.13. The molecule has 9 aromatic carbocycles. The predicted molar refractivity (Wildman–Crippen MR) is 248 cm³/mol. The Morgan fingerprint density at radius 2 is 0.951 bits per heavy atom. The minimum atomic E-state index is 0.513. The van der Waals surface area contributed by atoms with Gasteiger partial charge in [0.05, 0.1) is 27.7 Å². The highest BCUT2D eigenvalue weighted by Gasteiger charge is 2.24. The van der Waals surface area contributed by atoms with Crippen LogP contribution in [0, 0.1) is 0 Å². The van der Waals surface area contributed by atoms with Crippen LogP contribution in [-0.2, 0) is 0 Å². The van der Waals surface area contributed by atoms with Crippen LogP contribution in [0.2, 0.25) is 0 Å². The Morgan fingerprint density at radius 3 is 1.79 bits per heavy atom. The van der Waals surface area contributed by atoms with E-state index in [0.717, 1.165) is 82.8 Å². The maximum Gasteiger partial charge on any atom is 0.167 e. The van der Waals surface area contributed by atoms with E-state index < -0.39 is 0 Å². The minimum Gasteiger partial charge on any atom is -0.456 e. The Morgan fingerprint density at radius 1 is 0.344 bits per heavy atom. The van der Waals surface area contributed by atoms with Crippen LogP contribution in [0.5, 0.6) is 0 Å². The monoisotopic (exact) mass is 780 g/mol. The normalized spacial score (nSPS) is 11.9. The van der Waals surface area contributed by atoms with E-state index in [-0.39, 0.29) is 0 Å². The standard InChI is InChI=1S/C55H32N4O2/c1-2-14-33(15-3-1)34-18-12-19-37(30-34)53-56-54(41-23-13-27-49-50(41)39-21-7-10-25-47(39)60-49)58-55(57-53)42-28-29-45(51-40-22-8-11-26-48(40)61-52(42)51)59-44-24-9-6-20-38(44)43-31-35-16-4-5-17-36(35)32-46(43)59/h1-32H. The third-order valence-corrected chi connectivity index (χ3v) is 12.0. The summed E-state index contributed by atoms with van der Waals surface area (Å²) in [7, 11) is 0. The first kappa shape index (κ1) is 33.6. The van der Waals surface area contributed by atoms with E-state index in [2.05, 4.69) is 150 Å². The summed E-state index contributed by atoms with van der Waals surface area (Å²) in [6.45, 7) is 0. The molecule has 0 unspecified atom stereocenters. The first-order valence-electron chi connectivity index (χ1n) is 20.4. The van der Waals surface area contributed by atoms with E-state index in [1.54, 1.807) is 0 Å². The highest BCUT2D eigenvalue weighted by Crippen LogP contribution is 2.44. The van der Waals surface area contributed by atoms with Crippen molar-refractivity contribution in [3.8, 4) is 51.0 Å². The van der Waals surface area contributed by atoms with Gasteiger partial charge in [0.15, 0.2) is 17.5 Å². The van der Waals surface area contributed by atoms with Crippen molar-refractivity contribution in [3.05, 3.63) is 194 Å². The largest absolute Gasteiger partial charge is 0.456 e. The smallest absolute Gasteiger partial charge is 0.167 e. The van der Waals surface area contributed by atoms with Crippen LogP contribution in [0.4, 0.5) is 0 Å². The zero-order chi connectivity index (χ0) is 40.0. The van der Waals surface area contributed by atoms with Gasteiger partial charge >= 0.3 is 0 Å². The Balaban J connectivity index is 1.10. The number of aromatic nitrogens is 4. The molecule has 0 aliphatic rings. The minimum absolute atomic E-state index is 0.513. The molecular weight excluding hydrogens is 749 g/mol. The molecule has 0 bridgehead atoms. The maximum absolute atomic E-state index is 6.93. The molecule has 0 saturated heterocycles. The third kappa shape index (κ3) is 5.19. The van der Waals surface area contributed by atoms with Gasteiger partial charge in [0.2, 0.25) is 0 Å². The number of benzene rings is 9. The SMILES string of the molecule is c1ccc(-c2cccc(-c3nc(-c4ccc(-n5c6ccccc6c6cc7ccccc7cc65)c5c4oc4ccccc45)nc(-c4cccc5oc6ccccc6c45)n3)c2)cc1. The second-order valence-corrected chi connectivity index (χ2v) is 15.5. The second kappa shape index (κ2) is 13.1. The summed E-state index contributed by atoms with van der Waals surface area (Å²) >= 11 is 0. The second-order valence-electron chi connectivity index (χ2n) is 15.5. The Kier molecular flexibility index (Phi) is 7.21. The van der Waals surface area contributed by atoms with Crippen LogP contribution < -0.4 is 0 Å². The molecule has 0 saturated carbocycles. The molecule has 0 aliphatic carbocycles. The van der Waals surface area contributed by atoms with Crippen molar-refractivity contribution >= 4 is 76.5 Å². The summed E-state index contributed by atoms with van der Waals surface area (Å²) in [6.07, 6.45) is 0. The van der Waals surface area contributed by atoms with Gasteiger partial charge in [-0.3, -0.25) is 0 Å². The van der Waals surface area contributed by atoms with E-state index >= 15 is 0 Å². The molecule has 0 atom stereocenters. The summed E-state index contributed by atoms with van der Waals surface area (Å²) < 4.78 is 15.7. The zero-order valence-corrected chi connectivity index (χ0v) is 32.6. The van der Waals surface area contributed by atoms with Gasteiger partial charge in [0.1, 0.15) is 22.3 Å². The molecule has 0 aliphatic heterocycles. The number of hydrogen-bond donors (Lipinski definition) is 0. The van der Waals surface area contributed by atoms with E-state index in [1.807, 2.05) is 48.5 Å². The summed E-state index contributed by atoms with van der Waals surface area (Å²) in [5.41, 5.74) is 11.1. The van der Waals surface area contributed by atoms with Crippen molar-refractivity contribution in [2.24, 2.45) is 0 Å². The van der Waals surface area contributed by atoms with Crippen LogP contribution in [-0.4, -0.2) is 19.5 Å². The molecule has 284 valence electrons. The maximum atomic E-state index is 6.93. The average Bonchev–Trinajstić information content (AvgIpc) is 4.01. The molecule has 4 aromatic heterocycles. The topological polar surface area (TPSA) is 69.9 Å². The highest BCUT2D eigenvalue weighted by atomic mass is 16.3. The molecule has 13 aromatic rings. The van der Waals surface area contributed by atoms with Crippen LogP contribution in [0.25, 0.3) is 127 Å². The molecule has 0 fully saturated rings. The van der Waals surface area contributed by atoms with Crippen LogP contribution >= 0.6 is 0 Å². The van der Waals surface area contributed by atoms with E-state index in [4.69, 9.17) is 23.8 Å². The van der Waals surface area contributed by atoms with Gasteiger partial charge in [0.25, 0.3) is 0 Å². The molecular formula is C55H32N4O2. The molecule has 0 amide bonds. The number of para-hydroxylation sites is 3. The lowest BCUT2D eigenvalue weighted by Crippen LogP contribution is -2.01. The summed E-state index contributed by atoms with van der Waals surface area (Å²) in [5, 5.41) is 8.76. The summed E-state index contributed by atoms with van der Waals surface area (Å²) in [5.74, 6) is 1.62. The van der Waals surface area contributed by atoms with Crippen molar-refractivity contribution in [1.82, 2.24) is 19.5 Å². The molecule has 0 N–H and O–H groups in total. The van der Waals surface area contributed by atoms with Crippen molar-refractivity contribution < 1.29 is 8.83 Å². The van der Waals surface area contributed by atoms with Gasteiger partial charge < -0.3 is 13.4 Å². The van der Waals surface area contributed by atoms with Crippen molar-refractivity contribution in [2.45, 2.75) is 0 Å². The highest BCUT2D eigenvalue weighted by molar-refractivity contribution is 6.18. The molecule has 13 rings (SSSR count). The molecule has 61 heavy (non-hydrogen) atoms. The summed E-state index contributed by atoms with van der Waals surface area (Å²) in [6, 6.07) is 67.4. The van der Waals surface area contributed by atoms with Gasteiger partial charge in [0, 0.05) is 38.1 Å². The Hall–Kier alpha value is -8.35. The van der Waals surface area contributed by atoms with Crippen molar-refractivity contribution in [1.29, 1.82) is 0 Å². The van der Waals surface area contributed by atoms with Crippen molar-refractivity contribution in [2.75, 3.05) is 0 Å². The fourth-order valence-electron chi connectivity index (χ4n) is 9.26. The van der Waals surface area contributed by atoms with Gasteiger partial charge in [-0.25, -0.2) is 15.0 Å². The average molecular weight is 781 g/mol. The quantitative estimate of drug-likeness (QED) is 0.174. The molecule has 6 heteroatoms. The van der Waals surface area contributed by atoms with Gasteiger partial charge in [-0.05, 0) is 76.5 Å². The third-order valence-electron chi connectivity index (χ3n) is 12.0. The number of furan rings is 2.